The Labute approximate surface area is 200 Å². The molecule has 8 heteroatoms. The van der Waals surface area contributed by atoms with Crippen molar-refractivity contribution in [1.29, 1.82) is 0 Å². The quantitative estimate of drug-likeness (QED) is 0.334. The van der Waals surface area contributed by atoms with Crippen molar-refractivity contribution in [2.45, 2.75) is 26.4 Å². The van der Waals surface area contributed by atoms with Gasteiger partial charge in [0, 0.05) is 28.4 Å². The molecule has 0 fully saturated rings. The van der Waals surface area contributed by atoms with Crippen LogP contribution in [0.4, 0.5) is 5.69 Å². The van der Waals surface area contributed by atoms with E-state index in [4.69, 9.17) is 9.72 Å². The largest absolute Gasteiger partial charge is 0.465 e. The molecule has 3 aromatic heterocycles. The molecular formula is C25H25N3O3S2. The zero-order valence-corrected chi connectivity index (χ0v) is 20.5. The van der Waals surface area contributed by atoms with Gasteiger partial charge in [-0.05, 0) is 56.6 Å². The molecule has 0 bridgehead atoms. The minimum atomic E-state index is -0.498. The number of nitrogens with zero attached hydrogens (tertiary/aromatic N) is 2. The third-order valence-electron chi connectivity index (χ3n) is 5.56. The number of aromatic nitrogens is 1. The number of esters is 1. The first-order chi connectivity index (χ1) is 15.9. The van der Waals surface area contributed by atoms with Gasteiger partial charge in [-0.25, -0.2) is 9.78 Å². The van der Waals surface area contributed by atoms with Crippen molar-refractivity contribution in [3.63, 3.8) is 0 Å². The molecule has 1 atom stereocenters. The highest BCUT2D eigenvalue weighted by molar-refractivity contribution is 7.21. The van der Waals surface area contributed by atoms with E-state index in [-0.39, 0.29) is 11.9 Å². The molecule has 33 heavy (non-hydrogen) atoms. The summed E-state index contributed by atoms with van der Waals surface area (Å²) >= 11 is 2.96. The Morgan fingerprint density at radius 2 is 1.91 bits per heavy atom. The lowest BCUT2D eigenvalue weighted by molar-refractivity contribution is 0.0607. The van der Waals surface area contributed by atoms with Gasteiger partial charge in [0.1, 0.15) is 9.71 Å². The van der Waals surface area contributed by atoms with Crippen LogP contribution in [-0.4, -0.2) is 35.9 Å². The van der Waals surface area contributed by atoms with Crippen molar-refractivity contribution in [2.24, 2.45) is 0 Å². The zero-order valence-electron chi connectivity index (χ0n) is 18.9. The monoisotopic (exact) mass is 479 g/mol. The molecule has 1 amide bonds. The number of amides is 1. The van der Waals surface area contributed by atoms with E-state index >= 15 is 0 Å². The van der Waals surface area contributed by atoms with Crippen LogP contribution in [0.5, 0.6) is 0 Å². The first-order valence-corrected chi connectivity index (χ1v) is 12.2. The average molecular weight is 480 g/mol. The molecule has 0 aliphatic rings. The maximum absolute atomic E-state index is 12.8. The summed E-state index contributed by atoms with van der Waals surface area (Å²) in [5.41, 5.74) is 2.91. The van der Waals surface area contributed by atoms with E-state index in [0.29, 0.717) is 27.5 Å². The molecule has 0 saturated carbocycles. The number of fused-ring (bicyclic) bond motifs is 1. The van der Waals surface area contributed by atoms with Crippen LogP contribution in [0.3, 0.4) is 0 Å². The first-order valence-electron chi connectivity index (χ1n) is 10.5. The lowest BCUT2D eigenvalue weighted by Crippen LogP contribution is -2.21. The van der Waals surface area contributed by atoms with Gasteiger partial charge in [-0.15, -0.1) is 22.7 Å². The number of hydrogen-bond acceptors (Lipinski definition) is 7. The average Bonchev–Trinajstić information content (AvgIpc) is 3.47. The molecule has 4 rings (SSSR count). The zero-order chi connectivity index (χ0) is 23.5. The number of aryl methyl sites for hydroxylation is 1. The summed E-state index contributed by atoms with van der Waals surface area (Å²) in [6.45, 7) is 4.79. The second kappa shape index (κ2) is 9.82. The van der Waals surface area contributed by atoms with Gasteiger partial charge in [0.05, 0.1) is 18.5 Å². The molecule has 3 heterocycles. The summed E-state index contributed by atoms with van der Waals surface area (Å²) in [4.78, 5) is 34.6. The second-order valence-electron chi connectivity index (χ2n) is 7.88. The van der Waals surface area contributed by atoms with Crippen LogP contribution in [0, 0.1) is 6.92 Å². The Hall–Kier alpha value is -3.07. The van der Waals surface area contributed by atoms with Crippen molar-refractivity contribution in [2.75, 3.05) is 19.5 Å². The fourth-order valence-corrected chi connectivity index (χ4v) is 5.41. The molecule has 0 radical (unpaired) electrons. The van der Waals surface area contributed by atoms with Gasteiger partial charge in [-0.1, -0.05) is 23.8 Å². The molecule has 1 aromatic carbocycles. The summed E-state index contributed by atoms with van der Waals surface area (Å²) < 4.78 is 4.96. The predicted molar refractivity (Wildman–Crippen MR) is 134 cm³/mol. The Balaban J connectivity index is 1.63. The number of rotatable bonds is 7. The summed E-state index contributed by atoms with van der Waals surface area (Å²) in [6.07, 6.45) is 0. The molecule has 0 spiro atoms. The number of carbonyl (C=O) groups excluding carboxylic acids is 2. The van der Waals surface area contributed by atoms with Crippen LogP contribution in [0.2, 0.25) is 0 Å². The first kappa shape index (κ1) is 23.1. The van der Waals surface area contributed by atoms with E-state index < -0.39 is 5.97 Å². The van der Waals surface area contributed by atoms with Gasteiger partial charge >= 0.3 is 5.97 Å². The van der Waals surface area contributed by atoms with E-state index in [1.807, 2.05) is 31.2 Å². The minimum Gasteiger partial charge on any atom is -0.465 e. The van der Waals surface area contributed by atoms with Crippen molar-refractivity contribution < 1.29 is 14.3 Å². The highest BCUT2D eigenvalue weighted by atomic mass is 32.1. The van der Waals surface area contributed by atoms with Gasteiger partial charge in [0.2, 0.25) is 0 Å². The van der Waals surface area contributed by atoms with Crippen LogP contribution in [0.15, 0.2) is 53.9 Å². The Morgan fingerprint density at radius 1 is 1.15 bits per heavy atom. The van der Waals surface area contributed by atoms with E-state index in [0.717, 1.165) is 16.6 Å². The predicted octanol–water partition coefficient (Wildman–Crippen LogP) is 5.90. The number of carbonyl (C=O) groups is 2. The number of ether oxygens (including phenoxy) is 1. The number of nitrogens with one attached hydrogen (secondary N) is 1. The summed E-state index contributed by atoms with van der Waals surface area (Å²) in [5.74, 6) is -0.782. The molecule has 0 aliphatic carbocycles. The number of anilines is 1. The van der Waals surface area contributed by atoms with E-state index in [9.17, 15) is 9.59 Å². The lowest BCUT2D eigenvalue weighted by atomic mass is 10.1. The van der Waals surface area contributed by atoms with Crippen molar-refractivity contribution in [3.05, 3.63) is 80.5 Å². The van der Waals surface area contributed by atoms with Crippen molar-refractivity contribution in [3.8, 4) is 0 Å². The van der Waals surface area contributed by atoms with E-state index in [1.54, 1.807) is 23.5 Å². The van der Waals surface area contributed by atoms with Gasteiger partial charge in [0.25, 0.3) is 5.91 Å². The van der Waals surface area contributed by atoms with Crippen molar-refractivity contribution >= 4 is 50.5 Å². The van der Waals surface area contributed by atoms with Crippen LogP contribution < -0.4 is 5.32 Å². The van der Waals surface area contributed by atoms with Crippen LogP contribution >= 0.6 is 22.7 Å². The lowest BCUT2D eigenvalue weighted by Gasteiger charge is -2.23. The summed E-state index contributed by atoms with van der Waals surface area (Å²) in [6, 6.07) is 15.6. The van der Waals surface area contributed by atoms with E-state index in [2.05, 4.69) is 41.7 Å². The molecule has 0 saturated heterocycles. The molecule has 170 valence electrons. The standard InChI is InChI=1S/C25H25N3O3S2/c1-15-7-9-17(10-8-15)23(29)27-21-19-12-11-18(26-24(19)33-22(21)25(30)31-4)14-28(3)16(2)20-6-5-13-32-20/h5-13,16H,14H2,1-4H3,(H,27,29)/t16-/m1/s1. The smallest absolute Gasteiger partial charge is 0.350 e. The number of benzene rings is 1. The summed E-state index contributed by atoms with van der Waals surface area (Å²) in [7, 11) is 3.40. The number of hydrogen-bond donors (Lipinski definition) is 1. The van der Waals surface area contributed by atoms with Gasteiger partial charge < -0.3 is 10.1 Å². The Morgan fingerprint density at radius 3 is 2.58 bits per heavy atom. The molecule has 0 unspecified atom stereocenters. The minimum absolute atomic E-state index is 0.265. The number of pyridine rings is 1. The molecule has 6 nitrogen and oxygen atoms in total. The highest BCUT2D eigenvalue weighted by Crippen LogP contribution is 2.36. The molecule has 1 N–H and O–H groups in total. The maximum Gasteiger partial charge on any atom is 0.350 e. The normalized spacial score (nSPS) is 12.2. The van der Waals surface area contributed by atoms with E-state index in [1.165, 1.54) is 23.3 Å². The van der Waals surface area contributed by atoms with Gasteiger partial charge in [0.15, 0.2) is 0 Å². The number of methoxy groups -OCH3 is 1. The maximum atomic E-state index is 12.8. The van der Waals surface area contributed by atoms with Crippen molar-refractivity contribution in [1.82, 2.24) is 9.88 Å². The SMILES string of the molecule is COC(=O)c1sc2nc(CN(C)[C@H](C)c3cccs3)ccc2c1NC(=O)c1ccc(C)cc1. The van der Waals surface area contributed by atoms with Crippen LogP contribution in [0.25, 0.3) is 10.2 Å². The Kier molecular flexibility index (Phi) is 6.88. The van der Waals surface area contributed by atoms with Crippen LogP contribution in [-0.2, 0) is 11.3 Å². The molecular weight excluding hydrogens is 454 g/mol. The van der Waals surface area contributed by atoms with Crippen LogP contribution in [0.1, 0.15) is 49.1 Å². The fraction of sp³-hybridized carbons (Fsp3) is 0.240. The fourth-order valence-electron chi connectivity index (χ4n) is 3.49. The summed E-state index contributed by atoms with van der Waals surface area (Å²) in [5, 5.41) is 5.70. The molecule has 0 aliphatic heterocycles. The Bertz CT molecular complexity index is 1280. The van der Waals surface area contributed by atoms with Gasteiger partial charge in [-0.2, -0.15) is 0 Å². The second-order valence-corrected chi connectivity index (χ2v) is 9.86. The molecule has 4 aromatic rings. The topological polar surface area (TPSA) is 71.5 Å². The third kappa shape index (κ3) is 4.98. The highest BCUT2D eigenvalue weighted by Gasteiger charge is 2.23. The number of thiophene rings is 2. The van der Waals surface area contributed by atoms with Gasteiger partial charge in [-0.3, -0.25) is 9.69 Å². The third-order valence-corrected chi connectivity index (χ3v) is 7.69.